The molecule has 0 aliphatic heterocycles. The van der Waals surface area contributed by atoms with Crippen LogP contribution in [0.4, 0.5) is 0 Å². The van der Waals surface area contributed by atoms with Gasteiger partial charge >= 0.3 is 0 Å². The molecule has 0 aromatic carbocycles. The predicted molar refractivity (Wildman–Crippen MR) is 82.5 cm³/mol. The van der Waals surface area contributed by atoms with E-state index >= 15 is 0 Å². The number of rotatable bonds is 4. The summed E-state index contributed by atoms with van der Waals surface area (Å²) in [5.74, 6) is -0.145. The normalized spacial score (nSPS) is 21.5. The van der Waals surface area contributed by atoms with E-state index in [1.54, 1.807) is 31.1 Å². The molecule has 0 spiro atoms. The average Bonchev–Trinajstić information content (AvgIpc) is 2.96. The van der Waals surface area contributed by atoms with E-state index in [1.165, 1.54) is 0 Å². The zero-order valence-corrected chi connectivity index (χ0v) is 13.1. The molecule has 0 unspecified atom stereocenters. The molecule has 0 bridgehead atoms. The Morgan fingerprint density at radius 3 is 2.59 bits per heavy atom. The summed E-state index contributed by atoms with van der Waals surface area (Å²) in [6.07, 6.45) is 7.56. The fourth-order valence-corrected chi connectivity index (χ4v) is 3.62. The SMILES string of the molecule is Cc1n[nH]nc1C(=O)NC1CCC(Sc2ncccn2)CC1. The zero-order valence-electron chi connectivity index (χ0n) is 12.3. The molecule has 2 aromatic rings. The van der Waals surface area contributed by atoms with Crippen LogP contribution in [0.15, 0.2) is 23.6 Å². The van der Waals surface area contributed by atoms with Crippen LogP contribution < -0.4 is 5.32 Å². The second kappa shape index (κ2) is 6.87. The molecule has 2 heterocycles. The van der Waals surface area contributed by atoms with Crippen molar-refractivity contribution in [2.45, 2.75) is 49.1 Å². The molecule has 2 aromatic heterocycles. The Morgan fingerprint density at radius 1 is 1.23 bits per heavy atom. The Balaban J connectivity index is 1.48. The van der Waals surface area contributed by atoms with Crippen molar-refractivity contribution in [3.05, 3.63) is 29.8 Å². The van der Waals surface area contributed by atoms with Crippen molar-refractivity contribution in [1.29, 1.82) is 0 Å². The lowest BCUT2D eigenvalue weighted by molar-refractivity contribution is 0.0922. The van der Waals surface area contributed by atoms with Gasteiger partial charge in [0.05, 0.1) is 5.69 Å². The van der Waals surface area contributed by atoms with Crippen molar-refractivity contribution in [1.82, 2.24) is 30.7 Å². The van der Waals surface area contributed by atoms with Crippen molar-refractivity contribution in [3.63, 3.8) is 0 Å². The van der Waals surface area contributed by atoms with Crippen LogP contribution in [0.3, 0.4) is 0 Å². The van der Waals surface area contributed by atoms with Crippen LogP contribution in [0, 0.1) is 6.92 Å². The van der Waals surface area contributed by atoms with E-state index in [0.29, 0.717) is 16.6 Å². The van der Waals surface area contributed by atoms with E-state index in [9.17, 15) is 4.79 Å². The number of thioether (sulfide) groups is 1. The van der Waals surface area contributed by atoms with E-state index in [1.807, 2.05) is 6.07 Å². The van der Waals surface area contributed by atoms with Gasteiger partial charge in [0, 0.05) is 23.7 Å². The molecule has 0 atom stereocenters. The maximum absolute atomic E-state index is 12.1. The Morgan fingerprint density at radius 2 is 1.95 bits per heavy atom. The number of hydrogen-bond acceptors (Lipinski definition) is 6. The Kier molecular flexibility index (Phi) is 4.67. The van der Waals surface area contributed by atoms with Crippen LogP contribution in [0.1, 0.15) is 41.9 Å². The topological polar surface area (TPSA) is 96.5 Å². The highest BCUT2D eigenvalue weighted by atomic mass is 32.2. The monoisotopic (exact) mass is 318 g/mol. The summed E-state index contributed by atoms with van der Waals surface area (Å²) in [5, 5.41) is 14.6. The van der Waals surface area contributed by atoms with Gasteiger partial charge in [0.15, 0.2) is 10.9 Å². The first-order valence-corrected chi connectivity index (χ1v) is 8.22. The number of carbonyl (C=O) groups excluding carboxylic acids is 1. The number of aromatic amines is 1. The summed E-state index contributed by atoms with van der Waals surface area (Å²) in [5.41, 5.74) is 1.01. The molecule has 1 aliphatic carbocycles. The molecule has 7 nitrogen and oxygen atoms in total. The molecule has 1 amide bonds. The summed E-state index contributed by atoms with van der Waals surface area (Å²) in [6, 6.07) is 2.03. The van der Waals surface area contributed by atoms with Crippen LogP contribution in [-0.2, 0) is 0 Å². The molecule has 0 saturated heterocycles. The Labute approximate surface area is 132 Å². The number of nitrogens with zero attached hydrogens (tertiary/aromatic N) is 4. The largest absolute Gasteiger partial charge is 0.348 e. The van der Waals surface area contributed by atoms with Gasteiger partial charge in [0.1, 0.15) is 0 Å². The number of H-pyrrole nitrogens is 1. The minimum Gasteiger partial charge on any atom is -0.348 e. The molecule has 116 valence electrons. The Bertz CT molecular complexity index is 623. The molecule has 2 N–H and O–H groups in total. The summed E-state index contributed by atoms with van der Waals surface area (Å²) in [6.45, 7) is 1.77. The zero-order chi connectivity index (χ0) is 15.4. The first-order valence-electron chi connectivity index (χ1n) is 7.34. The molecule has 0 radical (unpaired) electrons. The highest BCUT2D eigenvalue weighted by Gasteiger charge is 2.25. The van der Waals surface area contributed by atoms with E-state index in [4.69, 9.17) is 0 Å². The molecule has 1 fully saturated rings. The minimum atomic E-state index is -0.145. The van der Waals surface area contributed by atoms with E-state index in [2.05, 4.69) is 30.7 Å². The molecule has 22 heavy (non-hydrogen) atoms. The molecule has 1 saturated carbocycles. The number of carbonyl (C=O) groups is 1. The predicted octanol–water partition coefficient (Wildman–Crippen LogP) is 1.74. The summed E-state index contributed by atoms with van der Waals surface area (Å²) in [7, 11) is 0. The van der Waals surface area contributed by atoms with E-state index in [0.717, 1.165) is 30.8 Å². The van der Waals surface area contributed by atoms with Crippen LogP contribution in [0.5, 0.6) is 0 Å². The fourth-order valence-electron chi connectivity index (χ4n) is 2.57. The number of hydrogen-bond donors (Lipinski definition) is 2. The summed E-state index contributed by atoms with van der Waals surface area (Å²) in [4.78, 5) is 20.6. The third kappa shape index (κ3) is 3.62. The lowest BCUT2D eigenvalue weighted by Gasteiger charge is -2.28. The van der Waals surface area contributed by atoms with Crippen LogP contribution >= 0.6 is 11.8 Å². The molecular weight excluding hydrogens is 300 g/mol. The van der Waals surface area contributed by atoms with Gasteiger partial charge in [-0.1, -0.05) is 11.8 Å². The number of amides is 1. The smallest absolute Gasteiger partial charge is 0.273 e. The third-order valence-electron chi connectivity index (χ3n) is 3.76. The second-order valence-electron chi connectivity index (χ2n) is 5.35. The van der Waals surface area contributed by atoms with Gasteiger partial charge in [0.25, 0.3) is 5.91 Å². The van der Waals surface area contributed by atoms with Crippen LogP contribution in [0.25, 0.3) is 0 Å². The van der Waals surface area contributed by atoms with Gasteiger partial charge in [-0.05, 0) is 38.7 Å². The number of nitrogens with one attached hydrogen (secondary N) is 2. The first kappa shape index (κ1) is 15.0. The van der Waals surface area contributed by atoms with Gasteiger partial charge in [-0.3, -0.25) is 4.79 Å². The van der Waals surface area contributed by atoms with Crippen molar-refractivity contribution >= 4 is 17.7 Å². The van der Waals surface area contributed by atoms with Crippen LogP contribution in [0.2, 0.25) is 0 Å². The highest BCUT2D eigenvalue weighted by molar-refractivity contribution is 7.99. The van der Waals surface area contributed by atoms with Gasteiger partial charge < -0.3 is 5.32 Å². The lowest BCUT2D eigenvalue weighted by Crippen LogP contribution is -2.38. The third-order valence-corrected chi connectivity index (χ3v) is 4.99. The summed E-state index contributed by atoms with van der Waals surface area (Å²) >= 11 is 1.72. The molecular formula is C14H18N6OS. The van der Waals surface area contributed by atoms with Gasteiger partial charge in [-0.2, -0.15) is 15.4 Å². The van der Waals surface area contributed by atoms with E-state index < -0.39 is 0 Å². The number of aryl methyl sites for hydroxylation is 1. The lowest BCUT2D eigenvalue weighted by atomic mass is 9.95. The molecule has 1 aliphatic rings. The Hall–Kier alpha value is -1.96. The van der Waals surface area contributed by atoms with Crippen molar-refractivity contribution in [2.24, 2.45) is 0 Å². The van der Waals surface area contributed by atoms with E-state index in [-0.39, 0.29) is 11.9 Å². The van der Waals surface area contributed by atoms with Crippen molar-refractivity contribution in [3.8, 4) is 0 Å². The van der Waals surface area contributed by atoms with Gasteiger partial charge in [-0.25, -0.2) is 9.97 Å². The molecule has 8 heteroatoms. The maximum Gasteiger partial charge on any atom is 0.273 e. The minimum absolute atomic E-state index is 0.145. The van der Waals surface area contributed by atoms with Crippen molar-refractivity contribution < 1.29 is 4.79 Å². The maximum atomic E-state index is 12.1. The molecule has 3 rings (SSSR count). The van der Waals surface area contributed by atoms with Crippen LogP contribution in [-0.4, -0.2) is 42.6 Å². The highest BCUT2D eigenvalue weighted by Crippen LogP contribution is 2.31. The fraction of sp³-hybridized carbons (Fsp3) is 0.500. The van der Waals surface area contributed by atoms with Gasteiger partial charge in [0.2, 0.25) is 0 Å². The standard InChI is InChI=1S/C14H18N6OS/c1-9-12(19-20-18-9)13(21)17-10-3-5-11(6-4-10)22-14-15-7-2-8-16-14/h2,7-8,10-11H,3-6H2,1H3,(H,17,21)(H,18,19,20). The number of aromatic nitrogens is 5. The van der Waals surface area contributed by atoms with Gasteiger partial charge in [-0.15, -0.1) is 0 Å². The first-order chi connectivity index (χ1) is 10.7. The quantitative estimate of drug-likeness (QED) is 0.834. The van der Waals surface area contributed by atoms with Crippen molar-refractivity contribution in [2.75, 3.05) is 0 Å². The second-order valence-corrected chi connectivity index (χ2v) is 6.62. The average molecular weight is 318 g/mol. The summed E-state index contributed by atoms with van der Waals surface area (Å²) < 4.78 is 0.